The average molecular weight is 513 g/mol. The fourth-order valence-corrected chi connectivity index (χ4v) is 5.34. The Balaban J connectivity index is 1.73. The SMILES string of the molecule is [C-]#[N+]c1ccc2c(n1)c(N1C[C@@H](CC)N([C@@H](CC)c3ccc(C(F)(F)F)cc3)C[C@@H]1CC)nc(=O)n2C. The van der Waals surface area contributed by atoms with E-state index in [2.05, 4.69) is 38.5 Å². The van der Waals surface area contributed by atoms with Crippen molar-refractivity contribution in [1.29, 1.82) is 0 Å². The van der Waals surface area contributed by atoms with Gasteiger partial charge in [-0.15, -0.1) is 4.98 Å². The van der Waals surface area contributed by atoms with Crippen molar-refractivity contribution < 1.29 is 13.2 Å². The van der Waals surface area contributed by atoms with E-state index in [1.54, 1.807) is 31.3 Å². The molecule has 1 saturated heterocycles. The molecule has 1 aliphatic heterocycles. The lowest BCUT2D eigenvalue weighted by atomic mass is 9.94. The van der Waals surface area contributed by atoms with Crippen molar-refractivity contribution in [3.8, 4) is 0 Å². The van der Waals surface area contributed by atoms with Gasteiger partial charge in [-0.05, 0) is 49.1 Å². The van der Waals surface area contributed by atoms with E-state index in [1.807, 2.05) is 6.92 Å². The van der Waals surface area contributed by atoms with Crippen LogP contribution in [0.25, 0.3) is 15.9 Å². The molecule has 0 spiro atoms. The summed E-state index contributed by atoms with van der Waals surface area (Å²) < 4.78 is 40.8. The van der Waals surface area contributed by atoms with Gasteiger partial charge in [0.15, 0.2) is 5.82 Å². The Morgan fingerprint density at radius 1 is 1.03 bits per heavy atom. The molecule has 10 heteroatoms. The first kappa shape index (κ1) is 26.6. The van der Waals surface area contributed by atoms with Crippen LogP contribution in [-0.4, -0.2) is 44.6 Å². The van der Waals surface area contributed by atoms with E-state index >= 15 is 0 Å². The van der Waals surface area contributed by atoms with Gasteiger partial charge in [-0.1, -0.05) is 39.5 Å². The van der Waals surface area contributed by atoms with E-state index in [4.69, 9.17) is 6.57 Å². The summed E-state index contributed by atoms with van der Waals surface area (Å²) in [5.74, 6) is 0.720. The lowest BCUT2D eigenvalue weighted by Crippen LogP contribution is -2.59. The highest BCUT2D eigenvalue weighted by molar-refractivity contribution is 5.87. The Morgan fingerprint density at radius 2 is 1.70 bits per heavy atom. The summed E-state index contributed by atoms with van der Waals surface area (Å²) in [7, 11) is 1.64. The number of halogens is 3. The van der Waals surface area contributed by atoms with Crippen LogP contribution in [0.15, 0.2) is 41.2 Å². The first-order chi connectivity index (χ1) is 17.6. The van der Waals surface area contributed by atoms with E-state index < -0.39 is 11.7 Å². The zero-order valence-corrected chi connectivity index (χ0v) is 21.5. The summed E-state index contributed by atoms with van der Waals surface area (Å²) in [5.41, 5.74) is 0.958. The van der Waals surface area contributed by atoms with E-state index in [0.717, 1.165) is 37.0 Å². The Bertz CT molecular complexity index is 1360. The molecule has 0 N–H and O–H groups in total. The van der Waals surface area contributed by atoms with E-state index in [9.17, 15) is 18.0 Å². The van der Waals surface area contributed by atoms with E-state index in [0.29, 0.717) is 29.9 Å². The minimum atomic E-state index is -4.37. The molecule has 196 valence electrons. The van der Waals surface area contributed by atoms with Gasteiger partial charge in [0, 0.05) is 38.3 Å². The van der Waals surface area contributed by atoms with Crippen molar-refractivity contribution >= 4 is 22.7 Å². The monoisotopic (exact) mass is 512 g/mol. The Kier molecular flexibility index (Phi) is 7.55. The van der Waals surface area contributed by atoms with Crippen LogP contribution < -0.4 is 10.6 Å². The first-order valence-electron chi connectivity index (χ1n) is 12.6. The topological polar surface area (TPSA) is 58.6 Å². The van der Waals surface area contributed by atoms with Gasteiger partial charge in [-0.25, -0.2) is 4.79 Å². The first-order valence-corrected chi connectivity index (χ1v) is 12.6. The van der Waals surface area contributed by atoms with Crippen molar-refractivity contribution in [3.63, 3.8) is 0 Å². The number of hydrogen-bond acceptors (Lipinski definition) is 5. The molecule has 1 fully saturated rings. The molecule has 1 aliphatic rings. The van der Waals surface area contributed by atoms with Crippen molar-refractivity contribution in [1.82, 2.24) is 19.4 Å². The summed E-state index contributed by atoms with van der Waals surface area (Å²) in [6.07, 6.45) is -2.03. The van der Waals surface area contributed by atoms with Crippen LogP contribution in [0.2, 0.25) is 0 Å². The second kappa shape index (κ2) is 10.5. The predicted molar refractivity (Wildman–Crippen MR) is 138 cm³/mol. The Morgan fingerprint density at radius 3 is 2.27 bits per heavy atom. The zero-order valence-electron chi connectivity index (χ0n) is 21.5. The number of nitrogens with zero attached hydrogens (tertiary/aromatic N) is 6. The summed E-state index contributed by atoms with van der Waals surface area (Å²) in [4.78, 5) is 29.6. The van der Waals surface area contributed by atoms with E-state index in [-0.39, 0.29) is 29.6 Å². The van der Waals surface area contributed by atoms with Crippen LogP contribution >= 0.6 is 0 Å². The van der Waals surface area contributed by atoms with Gasteiger partial charge in [-0.3, -0.25) is 9.47 Å². The molecule has 0 bridgehead atoms. The minimum absolute atomic E-state index is 0.00695. The number of piperazine rings is 1. The van der Waals surface area contributed by atoms with Gasteiger partial charge in [-0.2, -0.15) is 18.2 Å². The largest absolute Gasteiger partial charge is 0.416 e. The molecule has 1 aromatic carbocycles. The van der Waals surface area contributed by atoms with Crippen LogP contribution in [-0.2, 0) is 13.2 Å². The van der Waals surface area contributed by atoms with Gasteiger partial charge >= 0.3 is 11.9 Å². The maximum absolute atomic E-state index is 13.1. The van der Waals surface area contributed by atoms with Gasteiger partial charge in [0.25, 0.3) is 5.82 Å². The maximum Gasteiger partial charge on any atom is 0.416 e. The molecule has 4 rings (SSSR count). The van der Waals surface area contributed by atoms with E-state index in [1.165, 1.54) is 4.57 Å². The summed E-state index contributed by atoms with van der Waals surface area (Å²) in [6, 6.07) is 8.86. The second-order valence-corrected chi connectivity index (χ2v) is 9.44. The van der Waals surface area contributed by atoms with Crippen molar-refractivity contribution in [2.24, 2.45) is 7.05 Å². The summed E-state index contributed by atoms with van der Waals surface area (Å²) >= 11 is 0. The predicted octanol–water partition coefficient (Wildman–Crippen LogP) is 5.73. The summed E-state index contributed by atoms with van der Waals surface area (Å²) in [5, 5.41) is 0. The fraction of sp³-hybridized carbons (Fsp3) is 0.481. The zero-order chi connectivity index (χ0) is 26.9. The standard InChI is InChI=1S/C27H31F3N6O/c1-6-19-16-36(25-24-22(34(5)26(37)33-25)13-14-23(31-4)32-24)20(7-2)15-35(19)21(8-3)17-9-11-18(12-10-17)27(28,29)30/h9-14,19-21H,6-8,15-16H2,1-3,5H3/t19-,20+,21+/m1/s1. The third kappa shape index (κ3) is 5.05. The smallest absolute Gasteiger partial charge is 0.361 e. The summed E-state index contributed by atoms with van der Waals surface area (Å²) in [6.45, 7) is 14.8. The minimum Gasteiger partial charge on any atom is -0.361 e. The highest BCUT2D eigenvalue weighted by Gasteiger charge is 2.38. The molecule has 37 heavy (non-hydrogen) atoms. The maximum atomic E-state index is 13.1. The number of rotatable bonds is 6. The number of alkyl halides is 3. The van der Waals surface area contributed by atoms with Gasteiger partial charge in [0.05, 0.1) is 11.1 Å². The number of pyridine rings is 1. The number of fused-ring (bicyclic) bond motifs is 1. The molecule has 3 atom stereocenters. The molecule has 0 amide bonds. The molecule has 0 radical (unpaired) electrons. The number of benzene rings is 1. The van der Waals surface area contributed by atoms with Crippen LogP contribution in [0.3, 0.4) is 0 Å². The van der Waals surface area contributed by atoms with Crippen LogP contribution in [0.1, 0.15) is 57.2 Å². The van der Waals surface area contributed by atoms with Gasteiger partial charge in [0.1, 0.15) is 0 Å². The highest BCUT2D eigenvalue weighted by Crippen LogP contribution is 2.36. The molecule has 2 aromatic heterocycles. The van der Waals surface area contributed by atoms with Crippen LogP contribution in [0, 0.1) is 6.57 Å². The molecule has 0 unspecified atom stereocenters. The van der Waals surface area contributed by atoms with Gasteiger partial charge < -0.3 is 9.74 Å². The second-order valence-electron chi connectivity index (χ2n) is 9.44. The average Bonchev–Trinajstić information content (AvgIpc) is 2.90. The van der Waals surface area contributed by atoms with Crippen molar-refractivity contribution in [2.45, 2.75) is 64.3 Å². The van der Waals surface area contributed by atoms with Crippen LogP contribution in [0.4, 0.5) is 24.8 Å². The van der Waals surface area contributed by atoms with Crippen molar-refractivity contribution in [3.05, 3.63) is 69.4 Å². The lowest BCUT2D eigenvalue weighted by Gasteiger charge is -2.49. The highest BCUT2D eigenvalue weighted by atomic mass is 19.4. The Hall–Kier alpha value is -3.45. The molecule has 0 saturated carbocycles. The van der Waals surface area contributed by atoms with Crippen LogP contribution in [0.5, 0.6) is 0 Å². The molecule has 3 heterocycles. The lowest BCUT2D eigenvalue weighted by molar-refractivity contribution is -0.137. The molecule has 0 aliphatic carbocycles. The van der Waals surface area contributed by atoms with Gasteiger partial charge in [0.2, 0.25) is 5.52 Å². The number of aryl methyl sites for hydroxylation is 1. The molecular weight excluding hydrogens is 481 g/mol. The molecule has 7 nitrogen and oxygen atoms in total. The molecular formula is C27H31F3N6O. The number of hydrogen-bond donors (Lipinski definition) is 0. The Labute approximate surface area is 214 Å². The third-order valence-corrected chi connectivity index (χ3v) is 7.40. The number of aromatic nitrogens is 3. The molecule has 3 aromatic rings. The van der Waals surface area contributed by atoms with Crippen molar-refractivity contribution in [2.75, 3.05) is 18.0 Å². The quantitative estimate of drug-likeness (QED) is 0.395. The normalized spacial score (nSPS) is 19.7. The number of anilines is 1. The third-order valence-electron chi connectivity index (χ3n) is 7.40. The fourth-order valence-electron chi connectivity index (χ4n) is 5.34.